The normalized spacial score (nSPS) is 11.8. The van der Waals surface area contributed by atoms with Crippen LogP contribution in [0.5, 0.6) is 0 Å². The summed E-state index contributed by atoms with van der Waals surface area (Å²) in [5.41, 5.74) is 1.14. The highest BCUT2D eigenvalue weighted by molar-refractivity contribution is 14.1. The predicted octanol–water partition coefficient (Wildman–Crippen LogP) is 5.40. The summed E-state index contributed by atoms with van der Waals surface area (Å²) in [5.74, 6) is 0.299. The number of aryl methyl sites for hydroxylation is 1. The molecule has 0 unspecified atom stereocenters. The van der Waals surface area contributed by atoms with Gasteiger partial charge in [0.2, 0.25) is 0 Å². The number of hydrogen-bond donors (Lipinski definition) is 2. The number of anilines is 2. The van der Waals surface area contributed by atoms with E-state index in [1.807, 2.05) is 52.9 Å². The fraction of sp³-hybridized carbons (Fsp3) is 0.222. The number of halogens is 5. The first kappa shape index (κ1) is 22.5. The molecule has 2 aromatic heterocycles. The van der Waals surface area contributed by atoms with Crippen LogP contribution in [-0.2, 0) is 22.1 Å². The number of hydrogen-bond acceptors (Lipinski definition) is 5. The summed E-state index contributed by atoms with van der Waals surface area (Å²) in [6.07, 6.45) is -3.56. The second kappa shape index (κ2) is 9.33. The third kappa shape index (κ3) is 4.77. The molecule has 1 aromatic carbocycles. The molecule has 3 aromatic rings. The minimum Gasteiger partial charge on any atom is -0.339 e. The van der Waals surface area contributed by atoms with Gasteiger partial charge < -0.3 is 5.32 Å². The molecule has 2 N–H and O–H groups in total. The zero-order chi connectivity index (χ0) is 21.9. The van der Waals surface area contributed by atoms with Crippen molar-refractivity contribution in [2.24, 2.45) is 12.0 Å². The molecular weight excluding hydrogens is 625 g/mol. The first-order valence-corrected chi connectivity index (χ1v) is 11.5. The highest BCUT2D eigenvalue weighted by Crippen LogP contribution is 2.33. The van der Waals surface area contributed by atoms with Crippen LogP contribution in [0, 0.1) is 11.3 Å². The summed E-state index contributed by atoms with van der Waals surface area (Å²) in [4.78, 5) is 4.05. The van der Waals surface area contributed by atoms with Gasteiger partial charge in [0.05, 0.1) is 5.69 Å². The van der Waals surface area contributed by atoms with Crippen LogP contribution in [0.4, 0.5) is 30.5 Å². The number of rotatable bonds is 6. The zero-order valence-corrected chi connectivity index (χ0v) is 19.7. The van der Waals surface area contributed by atoms with Gasteiger partial charge in [0, 0.05) is 33.4 Å². The molecule has 0 saturated heterocycles. The molecule has 0 atom stereocenters. The van der Waals surface area contributed by atoms with Gasteiger partial charge in [0.25, 0.3) is 0 Å². The molecule has 0 aliphatic heterocycles. The molecule has 2 heterocycles. The van der Waals surface area contributed by atoms with Gasteiger partial charge in [-0.2, -0.15) is 28.6 Å². The average molecular weight is 639 g/mol. The molecule has 0 fully saturated rings. The smallest absolute Gasteiger partial charge is 0.339 e. The number of aliphatic imine (C=N–C) groups is 1. The van der Waals surface area contributed by atoms with Gasteiger partial charge in [-0.1, -0.05) is 57.3 Å². The minimum atomic E-state index is -4.62. The van der Waals surface area contributed by atoms with E-state index in [0.717, 1.165) is 21.9 Å². The lowest BCUT2D eigenvalue weighted by atomic mass is 10.2. The zero-order valence-electron chi connectivity index (χ0n) is 15.4. The summed E-state index contributed by atoms with van der Waals surface area (Å²) < 4.78 is 42.3. The molecule has 156 valence electrons. The SMILES string of the molecule is Cn1nc(C(F)(F)F)c(C=Nc2n[nH]c(Nc3cccc(CI)c3)c2C#N)c1CI. The van der Waals surface area contributed by atoms with Gasteiger partial charge in [0.15, 0.2) is 11.5 Å². The Morgan fingerprint density at radius 2 is 2.10 bits per heavy atom. The molecule has 0 amide bonds. The van der Waals surface area contributed by atoms with E-state index in [0.29, 0.717) is 15.9 Å². The Kier molecular flexibility index (Phi) is 7.01. The number of nitrogens with zero attached hydrogens (tertiary/aromatic N) is 5. The topological polar surface area (TPSA) is 94.7 Å². The summed E-state index contributed by atoms with van der Waals surface area (Å²) in [6.45, 7) is 0. The molecule has 12 heteroatoms. The Morgan fingerprint density at radius 3 is 2.73 bits per heavy atom. The Labute approximate surface area is 197 Å². The Hall–Kier alpha value is -2.15. The first-order chi connectivity index (χ1) is 14.3. The molecular formula is C18H14F3I2N7. The Morgan fingerprint density at radius 1 is 1.33 bits per heavy atom. The lowest BCUT2D eigenvalue weighted by molar-refractivity contribution is -0.141. The monoisotopic (exact) mass is 639 g/mol. The van der Waals surface area contributed by atoms with Crippen LogP contribution in [0.15, 0.2) is 29.3 Å². The van der Waals surface area contributed by atoms with Crippen LogP contribution in [0.3, 0.4) is 0 Å². The fourth-order valence-electron chi connectivity index (χ4n) is 2.70. The number of aromatic nitrogens is 4. The van der Waals surface area contributed by atoms with E-state index >= 15 is 0 Å². The molecule has 7 nitrogen and oxygen atoms in total. The Bertz CT molecular complexity index is 1130. The van der Waals surface area contributed by atoms with E-state index in [1.165, 1.54) is 11.7 Å². The van der Waals surface area contributed by atoms with E-state index < -0.39 is 11.9 Å². The molecule has 0 spiro atoms. The second-order valence-corrected chi connectivity index (χ2v) is 7.62. The maximum Gasteiger partial charge on any atom is 0.435 e. The number of nitrogens with one attached hydrogen (secondary N) is 2. The largest absolute Gasteiger partial charge is 0.435 e. The fourth-order valence-corrected chi connectivity index (χ4v) is 4.08. The van der Waals surface area contributed by atoms with E-state index in [-0.39, 0.29) is 16.9 Å². The van der Waals surface area contributed by atoms with Crippen molar-refractivity contribution in [2.75, 3.05) is 5.32 Å². The van der Waals surface area contributed by atoms with Gasteiger partial charge in [-0.05, 0) is 17.7 Å². The van der Waals surface area contributed by atoms with Crippen LogP contribution in [0.2, 0.25) is 0 Å². The summed E-state index contributed by atoms with van der Waals surface area (Å²) in [5, 5.41) is 22.8. The van der Waals surface area contributed by atoms with Crippen LogP contribution in [0.25, 0.3) is 0 Å². The third-order valence-corrected chi connectivity index (χ3v) is 5.73. The second-order valence-electron chi connectivity index (χ2n) is 6.09. The maximum absolute atomic E-state index is 13.3. The molecule has 0 bridgehead atoms. The molecule has 30 heavy (non-hydrogen) atoms. The van der Waals surface area contributed by atoms with Crippen molar-refractivity contribution in [3.8, 4) is 6.07 Å². The Balaban J connectivity index is 1.95. The van der Waals surface area contributed by atoms with Crippen LogP contribution >= 0.6 is 45.2 Å². The lowest BCUT2D eigenvalue weighted by Gasteiger charge is -2.05. The number of nitriles is 1. The predicted molar refractivity (Wildman–Crippen MR) is 124 cm³/mol. The van der Waals surface area contributed by atoms with Gasteiger partial charge in [-0.25, -0.2) is 4.99 Å². The summed E-state index contributed by atoms with van der Waals surface area (Å²) >= 11 is 4.21. The van der Waals surface area contributed by atoms with Gasteiger partial charge in [0.1, 0.15) is 17.5 Å². The van der Waals surface area contributed by atoms with E-state index in [1.54, 1.807) is 0 Å². The molecule has 0 aliphatic carbocycles. The van der Waals surface area contributed by atoms with Gasteiger partial charge in [-0.15, -0.1) is 0 Å². The van der Waals surface area contributed by atoms with Crippen molar-refractivity contribution in [2.45, 2.75) is 15.0 Å². The van der Waals surface area contributed by atoms with Crippen molar-refractivity contribution in [1.82, 2.24) is 20.0 Å². The van der Waals surface area contributed by atoms with Crippen LogP contribution < -0.4 is 5.32 Å². The molecule has 0 radical (unpaired) electrons. The van der Waals surface area contributed by atoms with Crippen molar-refractivity contribution in [3.63, 3.8) is 0 Å². The molecule has 0 saturated carbocycles. The number of alkyl halides is 5. The quantitative estimate of drug-likeness (QED) is 0.215. The lowest BCUT2D eigenvalue weighted by Crippen LogP contribution is -2.09. The minimum absolute atomic E-state index is 0.0126. The van der Waals surface area contributed by atoms with E-state index in [2.05, 4.69) is 48.2 Å². The number of aromatic amines is 1. The van der Waals surface area contributed by atoms with Crippen molar-refractivity contribution in [1.29, 1.82) is 5.26 Å². The molecule has 0 aliphatic rings. The highest BCUT2D eigenvalue weighted by atomic mass is 127. The highest BCUT2D eigenvalue weighted by Gasteiger charge is 2.38. The van der Waals surface area contributed by atoms with E-state index in [4.69, 9.17) is 0 Å². The maximum atomic E-state index is 13.3. The number of H-pyrrole nitrogens is 1. The summed E-state index contributed by atoms with van der Waals surface area (Å²) in [6, 6.07) is 9.60. The van der Waals surface area contributed by atoms with E-state index in [9.17, 15) is 18.4 Å². The molecule has 3 rings (SSSR count). The first-order valence-electron chi connectivity index (χ1n) is 8.42. The number of benzene rings is 1. The third-order valence-electron chi connectivity index (χ3n) is 4.13. The van der Waals surface area contributed by atoms with Crippen LogP contribution in [-0.4, -0.2) is 26.2 Å². The summed E-state index contributed by atoms with van der Waals surface area (Å²) in [7, 11) is 1.45. The standard InChI is InChI=1S/C18H14F3I2N7/c1-30-14(7-23)13(15(29-30)18(19,20)21)9-25-16-12(8-24)17(28-27-16)26-11-4-2-3-10(5-11)6-22/h2-5,9H,6-7H2,1H3,(H2,26,27,28). The van der Waals surface area contributed by atoms with Crippen molar-refractivity contribution >= 4 is 68.7 Å². The van der Waals surface area contributed by atoms with Crippen molar-refractivity contribution < 1.29 is 13.2 Å². The average Bonchev–Trinajstić information content (AvgIpc) is 3.25. The van der Waals surface area contributed by atoms with Gasteiger partial charge >= 0.3 is 6.18 Å². The van der Waals surface area contributed by atoms with Crippen molar-refractivity contribution in [3.05, 3.63) is 52.3 Å². The van der Waals surface area contributed by atoms with Gasteiger partial charge in [-0.3, -0.25) is 9.78 Å². The van der Waals surface area contributed by atoms with Crippen LogP contribution in [0.1, 0.15) is 28.1 Å².